The van der Waals surface area contributed by atoms with Gasteiger partial charge >= 0.3 is 0 Å². The number of allylic oxidation sites excluding steroid dienone is 2. The fraction of sp³-hybridized carbons (Fsp3) is 0.867. The largest absolute Gasteiger partial charge is 0.389 e. The molecule has 1 saturated carbocycles. The van der Waals surface area contributed by atoms with Crippen LogP contribution in [0.2, 0.25) is 0 Å². The van der Waals surface area contributed by atoms with E-state index in [0.29, 0.717) is 31.0 Å². The first-order chi connectivity index (χ1) is 8.66. The van der Waals surface area contributed by atoms with Crippen LogP contribution in [0, 0.1) is 17.8 Å². The Bertz CT molecular complexity index is 280. The minimum absolute atomic E-state index is 0.368. The van der Waals surface area contributed by atoms with Crippen LogP contribution in [0.15, 0.2) is 12.2 Å². The molecule has 2 aliphatic rings. The van der Waals surface area contributed by atoms with Gasteiger partial charge in [0, 0.05) is 12.6 Å². The van der Waals surface area contributed by atoms with Gasteiger partial charge in [0.2, 0.25) is 0 Å². The minimum Gasteiger partial charge on any atom is -0.389 e. The van der Waals surface area contributed by atoms with E-state index in [1.807, 2.05) is 0 Å². The van der Waals surface area contributed by atoms with Gasteiger partial charge in [-0.25, -0.2) is 0 Å². The predicted octanol–water partition coefficient (Wildman–Crippen LogP) is 1.96. The van der Waals surface area contributed by atoms with Crippen LogP contribution in [-0.4, -0.2) is 37.0 Å². The van der Waals surface area contributed by atoms with Gasteiger partial charge < -0.3 is 15.2 Å². The SMILES string of the molecule is CC1CC=CCC1COCC(O)CNC1CC1C. The van der Waals surface area contributed by atoms with Gasteiger partial charge in [-0.2, -0.15) is 0 Å². The quantitative estimate of drug-likeness (QED) is 0.682. The van der Waals surface area contributed by atoms with E-state index in [-0.39, 0.29) is 6.10 Å². The van der Waals surface area contributed by atoms with Crippen LogP contribution in [-0.2, 0) is 4.74 Å². The van der Waals surface area contributed by atoms with Crippen LogP contribution < -0.4 is 5.32 Å². The molecule has 0 aromatic carbocycles. The third-order valence-corrected chi connectivity index (χ3v) is 4.29. The number of hydrogen-bond acceptors (Lipinski definition) is 3. The maximum Gasteiger partial charge on any atom is 0.0897 e. The predicted molar refractivity (Wildman–Crippen MR) is 73.4 cm³/mol. The summed E-state index contributed by atoms with van der Waals surface area (Å²) >= 11 is 0. The summed E-state index contributed by atoms with van der Waals surface area (Å²) in [5, 5.41) is 13.2. The molecule has 2 rings (SSSR count). The molecule has 5 unspecified atom stereocenters. The molecule has 0 radical (unpaired) electrons. The zero-order chi connectivity index (χ0) is 13.0. The summed E-state index contributed by atoms with van der Waals surface area (Å²) in [6, 6.07) is 0.628. The van der Waals surface area contributed by atoms with E-state index in [1.54, 1.807) is 0 Å². The van der Waals surface area contributed by atoms with E-state index in [4.69, 9.17) is 4.74 Å². The highest BCUT2D eigenvalue weighted by Crippen LogP contribution is 2.28. The van der Waals surface area contributed by atoms with Gasteiger partial charge in [0.25, 0.3) is 0 Å². The third kappa shape index (κ3) is 4.38. The molecule has 0 amide bonds. The maximum absolute atomic E-state index is 9.81. The lowest BCUT2D eigenvalue weighted by molar-refractivity contribution is 0.0126. The summed E-state index contributed by atoms with van der Waals surface area (Å²) in [6.45, 7) is 6.42. The van der Waals surface area contributed by atoms with E-state index < -0.39 is 0 Å². The molecule has 0 spiro atoms. The summed E-state index contributed by atoms with van der Waals surface area (Å²) in [5.74, 6) is 2.11. The zero-order valence-electron chi connectivity index (χ0n) is 11.6. The van der Waals surface area contributed by atoms with Crippen LogP contribution in [0.4, 0.5) is 0 Å². The molecule has 0 bridgehead atoms. The number of nitrogens with one attached hydrogen (secondary N) is 1. The molecule has 0 saturated heterocycles. The molecule has 3 nitrogen and oxygen atoms in total. The molecule has 3 heteroatoms. The van der Waals surface area contributed by atoms with Crippen LogP contribution in [0.1, 0.15) is 33.1 Å². The second-order valence-corrected chi connectivity index (χ2v) is 6.10. The number of rotatable bonds is 7. The van der Waals surface area contributed by atoms with Crippen molar-refractivity contribution in [3.63, 3.8) is 0 Å². The molecule has 0 aromatic rings. The van der Waals surface area contributed by atoms with Crippen LogP contribution >= 0.6 is 0 Å². The van der Waals surface area contributed by atoms with Gasteiger partial charge in [-0.15, -0.1) is 0 Å². The highest BCUT2D eigenvalue weighted by molar-refractivity contribution is 4.93. The van der Waals surface area contributed by atoms with Gasteiger partial charge in [0.15, 0.2) is 0 Å². The molecule has 1 fully saturated rings. The Hall–Kier alpha value is -0.380. The van der Waals surface area contributed by atoms with Crippen molar-refractivity contribution in [2.45, 2.75) is 45.3 Å². The van der Waals surface area contributed by atoms with Gasteiger partial charge in [-0.05, 0) is 37.0 Å². The Morgan fingerprint density at radius 1 is 1.28 bits per heavy atom. The topological polar surface area (TPSA) is 41.5 Å². The Balaban J connectivity index is 1.52. The Kier molecular flexibility index (Phi) is 5.22. The van der Waals surface area contributed by atoms with Crippen LogP contribution in [0.3, 0.4) is 0 Å². The van der Waals surface area contributed by atoms with Crippen LogP contribution in [0.25, 0.3) is 0 Å². The summed E-state index contributed by atoms with van der Waals surface area (Å²) in [5.41, 5.74) is 0. The zero-order valence-corrected chi connectivity index (χ0v) is 11.6. The number of hydrogen-bond donors (Lipinski definition) is 2. The average molecular weight is 253 g/mol. The normalized spacial score (nSPS) is 36.6. The van der Waals surface area contributed by atoms with Crippen molar-refractivity contribution < 1.29 is 9.84 Å². The van der Waals surface area contributed by atoms with Crippen molar-refractivity contribution in [2.75, 3.05) is 19.8 Å². The first-order valence-corrected chi connectivity index (χ1v) is 7.31. The van der Waals surface area contributed by atoms with E-state index in [2.05, 4.69) is 31.3 Å². The van der Waals surface area contributed by atoms with Crippen molar-refractivity contribution in [1.82, 2.24) is 5.32 Å². The van der Waals surface area contributed by atoms with Gasteiger partial charge in [-0.3, -0.25) is 0 Å². The average Bonchev–Trinajstić information content (AvgIpc) is 3.05. The lowest BCUT2D eigenvalue weighted by Crippen LogP contribution is -2.33. The van der Waals surface area contributed by atoms with E-state index >= 15 is 0 Å². The van der Waals surface area contributed by atoms with Crippen LogP contribution in [0.5, 0.6) is 0 Å². The third-order valence-electron chi connectivity index (χ3n) is 4.29. The Morgan fingerprint density at radius 2 is 2.00 bits per heavy atom. The van der Waals surface area contributed by atoms with Crippen molar-refractivity contribution in [3.05, 3.63) is 12.2 Å². The minimum atomic E-state index is -0.368. The molecule has 104 valence electrons. The maximum atomic E-state index is 9.81. The van der Waals surface area contributed by atoms with E-state index in [0.717, 1.165) is 25.4 Å². The lowest BCUT2D eigenvalue weighted by atomic mass is 9.85. The van der Waals surface area contributed by atoms with Crippen molar-refractivity contribution in [2.24, 2.45) is 17.8 Å². The molecule has 0 heterocycles. The first-order valence-electron chi connectivity index (χ1n) is 7.31. The fourth-order valence-corrected chi connectivity index (χ4v) is 2.55. The molecular weight excluding hydrogens is 226 g/mol. The van der Waals surface area contributed by atoms with Gasteiger partial charge in [0.05, 0.1) is 19.3 Å². The smallest absolute Gasteiger partial charge is 0.0897 e. The summed E-state index contributed by atoms with van der Waals surface area (Å²) in [6.07, 6.45) is 7.68. The van der Waals surface area contributed by atoms with Gasteiger partial charge in [-0.1, -0.05) is 26.0 Å². The first kappa shape index (κ1) is 14.0. The number of ether oxygens (including phenoxy) is 1. The second-order valence-electron chi connectivity index (χ2n) is 6.10. The summed E-state index contributed by atoms with van der Waals surface area (Å²) < 4.78 is 5.66. The van der Waals surface area contributed by atoms with E-state index in [9.17, 15) is 5.11 Å². The molecular formula is C15H27NO2. The van der Waals surface area contributed by atoms with E-state index in [1.165, 1.54) is 6.42 Å². The highest BCUT2D eigenvalue weighted by Gasteiger charge is 2.32. The summed E-state index contributed by atoms with van der Waals surface area (Å²) in [7, 11) is 0. The molecule has 0 aromatic heterocycles. The molecule has 5 atom stereocenters. The number of aliphatic hydroxyl groups excluding tert-OH is 1. The fourth-order valence-electron chi connectivity index (χ4n) is 2.55. The van der Waals surface area contributed by atoms with Crippen molar-refractivity contribution >= 4 is 0 Å². The standard InChI is InChI=1S/C15H27NO2/c1-11-5-3-4-6-13(11)9-18-10-14(17)8-16-15-7-12(15)2/h3-4,11-17H,5-10H2,1-2H3. The van der Waals surface area contributed by atoms with Crippen molar-refractivity contribution in [1.29, 1.82) is 0 Å². The molecule has 18 heavy (non-hydrogen) atoms. The molecule has 0 aliphatic heterocycles. The summed E-state index contributed by atoms with van der Waals surface area (Å²) in [4.78, 5) is 0. The number of aliphatic hydroxyl groups is 1. The lowest BCUT2D eigenvalue weighted by Gasteiger charge is -2.25. The molecule has 2 N–H and O–H groups in total. The Morgan fingerprint density at radius 3 is 2.67 bits per heavy atom. The Labute approximate surface area is 111 Å². The van der Waals surface area contributed by atoms with Crippen molar-refractivity contribution in [3.8, 4) is 0 Å². The highest BCUT2D eigenvalue weighted by atomic mass is 16.5. The van der Waals surface area contributed by atoms with Gasteiger partial charge in [0.1, 0.15) is 0 Å². The monoisotopic (exact) mass is 253 g/mol. The second kappa shape index (κ2) is 6.69. The molecule has 2 aliphatic carbocycles.